The summed E-state index contributed by atoms with van der Waals surface area (Å²) < 4.78 is 12.8. The van der Waals surface area contributed by atoms with Crippen molar-refractivity contribution in [1.29, 1.82) is 0 Å². The molecule has 5 heteroatoms. The largest absolute Gasteiger partial charge is 0.394 e. The third-order valence-electron chi connectivity index (χ3n) is 2.90. The molecule has 0 fully saturated rings. The minimum atomic E-state index is -0.410. The number of thioether (sulfide) groups is 1. The summed E-state index contributed by atoms with van der Waals surface area (Å²) in [7, 11) is 0. The molecule has 0 bridgehead atoms. The Hall–Kier alpha value is -1.85. The van der Waals surface area contributed by atoms with Crippen LogP contribution < -0.4 is 5.32 Å². The second-order valence-corrected chi connectivity index (χ2v) is 5.50. The van der Waals surface area contributed by atoms with Gasteiger partial charge in [-0.2, -0.15) is 0 Å². The van der Waals surface area contributed by atoms with Gasteiger partial charge in [0.2, 0.25) is 5.91 Å². The number of rotatable bonds is 6. The molecule has 0 heterocycles. The van der Waals surface area contributed by atoms with Crippen molar-refractivity contribution in [3.8, 4) is 0 Å². The molecule has 0 unspecified atom stereocenters. The van der Waals surface area contributed by atoms with Crippen molar-refractivity contribution in [3.63, 3.8) is 0 Å². The first-order chi connectivity index (χ1) is 10.2. The Labute approximate surface area is 127 Å². The first-order valence-corrected chi connectivity index (χ1v) is 7.51. The molecule has 1 amide bonds. The van der Waals surface area contributed by atoms with Crippen molar-refractivity contribution < 1.29 is 14.3 Å². The van der Waals surface area contributed by atoms with Crippen LogP contribution in [0.4, 0.5) is 4.39 Å². The molecule has 2 aromatic carbocycles. The highest BCUT2D eigenvalue weighted by atomic mass is 32.2. The topological polar surface area (TPSA) is 49.3 Å². The van der Waals surface area contributed by atoms with Crippen LogP contribution in [-0.4, -0.2) is 23.4 Å². The summed E-state index contributed by atoms with van der Waals surface area (Å²) in [6, 6.07) is 14.9. The first kappa shape index (κ1) is 15.5. The molecule has 2 rings (SSSR count). The van der Waals surface area contributed by atoms with Gasteiger partial charge in [-0.15, -0.1) is 11.8 Å². The third kappa shape index (κ3) is 4.88. The van der Waals surface area contributed by atoms with Crippen molar-refractivity contribution in [1.82, 2.24) is 5.32 Å². The average molecular weight is 305 g/mol. The third-order valence-corrected chi connectivity index (χ3v) is 3.92. The van der Waals surface area contributed by atoms with Crippen LogP contribution >= 0.6 is 11.8 Å². The molecule has 1 atom stereocenters. The molecule has 2 aromatic rings. The number of hydrogen-bond donors (Lipinski definition) is 2. The molecule has 0 aliphatic heterocycles. The van der Waals surface area contributed by atoms with Crippen LogP contribution in [0.1, 0.15) is 11.6 Å². The van der Waals surface area contributed by atoms with Gasteiger partial charge in [0, 0.05) is 4.90 Å². The van der Waals surface area contributed by atoms with E-state index in [1.54, 1.807) is 12.1 Å². The monoisotopic (exact) mass is 305 g/mol. The summed E-state index contributed by atoms with van der Waals surface area (Å²) in [5.41, 5.74) is 0.861. The van der Waals surface area contributed by atoms with E-state index in [1.807, 2.05) is 30.3 Å². The second-order valence-electron chi connectivity index (χ2n) is 4.46. The number of carbonyl (C=O) groups is 1. The Bertz CT molecular complexity index is 575. The molecular formula is C16H16FNO2S. The lowest BCUT2D eigenvalue weighted by Crippen LogP contribution is -2.32. The molecule has 0 spiro atoms. The smallest absolute Gasteiger partial charge is 0.230 e. The highest BCUT2D eigenvalue weighted by molar-refractivity contribution is 8.00. The van der Waals surface area contributed by atoms with E-state index < -0.39 is 6.04 Å². The lowest BCUT2D eigenvalue weighted by atomic mass is 10.1. The Kier molecular flexibility index (Phi) is 5.78. The van der Waals surface area contributed by atoms with Gasteiger partial charge in [0.15, 0.2) is 0 Å². The zero-order chi connectivity index (χ0) is 15.1. The number of amides is 1. The molecule has 21 heavy (non-hydrogen) atoms. The van der Waals surface area contributed by atoms with Gasteiger partial charge in [-0.25, -0.2) is 4.39 Å². The van der Waals surface area contributed by atoms with Gasteiger partial charge in [-0.1, -0.05) is 30.3 Å². The quantitative estimate of drug-likeness (QED) is 0.807. The van der Waals surface area contributed by atoms with E-state index in [0.29, 0.717) is 0 Å². The molecule has 0 saturated carbocycles. The highest BCUT2D eigenvalue weighted by Crippen LogP contribution is 2.18. The van der Waals surface area contributed by atoms with Crippen molar-refractivity contribution in [2.45, 2.75) is 10.9 Å². The van der Waals surface area contributed by atoms with E-state index in [9.17, 15) is 14.3 Å². The van der Waals surface area contributed by atoms with Gasteiger partial charge >= 0.3 is 0 Å². The standard InChI is InChI=1S/C16H16FNO2S/c17-13-6-8-14(9-7-13)21-11-16(20)18-15(10-19)12-4-2-1-3-5-12/h1-9,15,19H,10-11H2,(H,18,20)/t15-/m0/s1. The summed E-state index contributed by atoms with van der Waals surface area (Å²) in [6.07, 6.45) is 0. The minimum Gasteiger partial charge on any atom is -0.394 e. The van der Waals surface area contributed by atoms with Gasteiger partial charge in [-0.3, -0.25) is 4.79 Å². The van der Waals surface area contributed by atoms with Gasteiger partial charge < -0.3 is 10.4 Å². The number of aliphatic hydroxyl groups is 1. The Morgan fingerprint density at radius 2 is 1.81 bits per heavy atom. The zero-order valence-electron chi connectivity index (χ0n) is 11.3. The molecule has 2 N–H and O–H groups in total. The van der Waals surface area contributed by atoms with Crippen LogP contribution in [0.2, 0.25) is 0 Å². The zero-order valence-corrected chi connectivity index (χ0v) is 12.1. The predicted octanol–water partition coefficient (Wildman–Crippen LogP) is 2.77. The maximum Gasteiger partial charge on any atom is 0.230 e. The number of nitrogens with one attached hydrogen (secondary N) is 1. The molecular weight excluding hydrogens is 289 g/mol. The Balaban J connectivity index is 1.87. The fourth-order valence-corrected chi connectivity index (χ4v) is 2.55. The summed E-state index contributed by atoms with van der Waals surface area (Å²) >= 11 is 1.32. The first-order valence-electron chi connectivity index (χ1n) is 6.52. The lowest BCUT2D eigenvalue weighted by Gasteiger charge is -2.16. The molecule has 110 valence electrons. The number of hydrogen-bond acceptors (Lipinski definition) is 3. The van der Waals surface area contributed by atoms with E-state index >= 15 is 0 Å². The van der Waals surface area contributed by atoms with Crippen LogP contribution in [0.3, 0.4) is 0 Å². The summed E-state index contributed by atoms with van der Waals surface area (Å²) in [5.74, 6) is -0.255. The summed E-state index contributed by atoms with van der Waals surface area (Å²) in [4.78, 5) is 12.7. The number of benzene rings is 2. The fourth-order valence-electron chi connectivity index (χ4n) is 1.84. The Morgan fingerprint density at radius 3 is 2.43 bits per heavy atom. The lowest BCUT2D eigenvalue weighted by molar-refractivity contribution is -0.119. The van der Waals surface area contributed by atoms with Crippen LogP contribution in [-0.2, 0) is 4.79 Å². The molecule has 0 aliphatic carbocycles. The summed E-state index contributed by atoms with van der Waals surface area (Å²) in [6.45, 7) is -0.156. The van der Waals surface area contributed by atoms with Crippen molar-refractivity contribution in [3.05, 3.63) is 66.0 Å². The van der Waals surface area contributed by atoms with Gasteiger partial charge in [0.25, 0.3) is 0 Å². The highest BCUT2D eigenvalue weighted by Gasteiger charge is 2.13. The van der Waals surface area contributed by atoms with Crippen molar-refractivity contribution in [2.24, 2.45) is 0 Å². The van der Waals surface area contributed by atoms with Crippen molar-refractivity contribution >= 4 is 17.7 Å². The molecule has 0 radical (unpaired) electrons. The predicted molar refractivity (Wildman–Crippen MR) is 81.5 cm³/mol. The normalized spacial score (nSPS) is 11.9. The number of halogens is 1. The maximum atomic E-state index is 12.8. The number of carbonyl (C=O) groups excluding carboxylic acids is 1. The van der Waals surface area contributed by atoms with Gasteiger partial charge in [-0.05, 0) is 29.8 Å². The SMILES string of the molecule is O=C(CSc1ccc(F)cc1)N[C@@H](CO)c1ccccc1. The van der Waals surface area contributed by atoms with Crippen LogP contribution in [0.15, 0.2) is 59.5 Å². The second kappa shape index (κ2) is 7.81. The van der Waals surface area contributed by atoms with Crippen LogP contribution in [0.25, 0.3) is 0 Å². The number of aliphatic hydroxyl groups excluding tert-OH is 1. The average Bonchev–Trinajstić information content (AvgIpc) is 2.53. The van der Waals surface area contributed by atoms with Crippen LogP contribution in [0.5, 0.6) is 0 Å². The molecule has 0 saturated heterocycles. The molecule has 0 aliphatic rings. The van der Waals surface area contributed by atoms with E-state index in [1.165, 1.54) is 23.9 Å². The van der Waals surface area contributed by atoms with Gasteiger partial charge in [0.05, 0.1) is 18.4 Å². The fraction of sp³-hybridized carbons (Fsp3) is 0.188. The van der Waals surface area contributed by atoms with E-state index in [2.05, 4.69) is 5.32 Å². The summed E-state index contributed by atoms with van der Waals surface area (Å²) in [5, 5.41) is 12.2. The Morgan fingerprint density at radius 1 is 1.14 bits per heavy atom. The van der Waals surface area contributed by atoms with Crippen molar-refractivity contribution in [2.75, 3.05) is 12.4 Å². The van der Waals surface area contributed by atoms with E-state index in [0.717, 1.165) is 10.5 Å². The van der Waals surface area contributed by atoms with E-state index in [4.69, 9.17) is 0 Å². The minimum absolute atomic E-state index is 0.156. The van der Waals surface area contributed by atoms with Gasteiger partial charge in [0.1, 0.15) is 5.82 Å². The molecule has 0 aromatic heterocycles. The van der Waals surface area contributed by atoms with Crippen LogP contribution in [0, 0.1) is 5.82 Å². The molecule has 3 nitrogen and oxygen atoms in total. The maximum absolute atomic E-state index is 12.8. The van der Waals surface area contributed by atoms with E-state index in [-0.39, 0.29) is 24.1 Å².